The first kappa shape index (κ1) is 11.9. The number of halogens is 5. The molecule has 1 amide bonds. The molecule has 1 rings (SSSR count). The van der Waals surface area contributed by atoms with Crippen LogP contribution in [0.25, 0.3) is 0 Å². The van der Waals surface area contributed by atoms with Gasteiger partial charge in [0.15, 0.2) is 0 Å². The molecule has 0 saturated carbocycles. The number of alkyl halides is 5. The average molecular weight is 231 g/mol. The lowest BCUT2D eigenvalue weighted by molar-refractivity contribution is -0.190. The molecule has 1 heterocycles. The Labute approximate surface area is 80.8 Å². The number of carbonyl (C=O) groups excluding carboxylic acids is 2. The maximum absolute atomic E-state index is 12.6. The first-order chi connectivity index (χ1) is 6.64. The minimum Gasteiger partial charge on any atom is -0.327 e. The van der Waals surface area contributed by atoms with Gasteiger partial charge >= 0.3 is 18.0 Å². The van der Waals surface area contributed by atoms with E-state index in [4.69, 9.17) is 0 Å². The molecular weight excluding hydrogens is 225 g/mol. The fourth-order valence-corrected chi connectivity index (χ4v) is 1.14. The van der Waals surface area contributed by atoms with Gasteiger partial charge in [-0.3, -0.25) is 9.59 Å². The summed E-state index contributed by atoms with van der Waals surface area (Å²) in [5, 5.41) is 0. The summed E-state index contributed by atoms with van der Waals surface area (Å²) in [6.45, 7) is -1.96. The number of hydrogen-bond acceptors (Lipinski definition) is 2. The summed E-state index contributed by atoms with van der Waals surface area (Å²) in [4.78, 5) is 21.3. The van der Waals surface area contributed by atoms with Crippen LogP contribution in [-0.4, -0.2) is 41.8 Å². The molecule has 0 bridgehead atoms. The van der Waals surface area contributed by atoms with Crippen LogP contribution in [0.1, 0.15) is 6.42 Å². The molecule has 1 aliphatic heterocycles. The standard InChI is InChI=1S/C7H6F5NO2/c8-6(9)1-2-13(3-4(6)14)5(15)7(10,11)12/h1-3H2. The first-order valence-corrected chi connectivity index (χ1v) is 3.92. The monoisotopic (exact) mass is 231 g/mol. The lowest BCUT2D eigenvalue weighted by Gasteiger charge is -2.30. The average Bonchev–Trinajstić information content (AvgIpc) is 2.07. The van der Waals surface area contributed by atoms with Crippen molar-refractivity contribution in [1.29, 1.82) is 0 Å². The molecule has 3 nitrogen and oxygen atoms in total. The van der Waals surface area contributed by atoms with Crippen LogP contribution >= 0.6 is 0 Å². The quantitative estimate of drug-likeness (QED) is 0.583. The highest BCUT2D eigenvalue weighted by molar-refractivity contribution is 5.93. The van der Waals surface area contributed by atoms with E-state index in [1.807, 2.05) is 0 Å². The molecule has 0 aromatic heterocycles. The van der Waals surface area contributed by atoms with Crippen LogP contribution in [0.5, 0.6) is 0 Å². The summed E-state index contributed by atoms with van der Waals surface area (Å²) in [6.07, 6.45) is -6.19. The third kappa shape index (κ3) is 2.42. The molecule has 0 aromatic rings. The van der Waals surface area contributed by atoms with Crippen molar-refractivity contribution in [3.05, 3.63) is 0 Å². The van der Waals surface area contributed by atoms with E-state index in [0.717, 1.165) is 0 Å². The molecule has 0 unspecified atom stereocenters. The van der Waals surface area contributed by atoms with Crippen LogP contribution in [0.2, 0.25) is 0 Å². The van der Waals surface area contributed by atoms with Crippen molar-refractivity contribution < 1.29 is 31.5 Å². The number of rotatable bonds is 0. The fraction of sp³-hybridized carbons (Fsp3) is 0.714. The maximum atomic E-state index is 12.6. The minimum absolute atomic E-state index is 0.0831. The second-order valence-electron chi connectivity index (χ2n) is 3.10. The van der Waals surface area contributed by atoms with Gasteiger partial charge < -0.3 is 4.90 Å². The topological polar surface area (TPSA) is 37.4 Å². The SMILES string of the molecule is O=C(N1CCC(F)(F)C(=O)C1)C(F)(F)F. The molecule has 15 heavy (non-hydrogen) atoms. The number of nitrogens with zero attached hydrogens (tertiary/aromatic N) is 1. The molecule has 86 valence electrons. The van der Waals surface area contributed by atoms with Gasteiger partial charge in [-0.15, -0.1) is 0 Å². The second kappa shape index (κ2) is 3.42. The van der Waals surface area contributed by atoms with Gasteiger partial charge in [0.25, 0.3) is 0 Å². The van der Waals surface area contributed by atoms with Crippen molar-refractivity contribution in [3.63, 3.8) is 0 Å². The van der Waals surface area contributed by atoms with E-state index in [-0.39, 0.29) is 4.90 Å². The zero-order chi connectivity index (χ0) is 11.9. The summed E-state index contributed by atoms with van der Waals surface area (Å²) in [7, 11) is 0. The van der Waals surface area contributed by atoms with E-state index in [0.29, 0.717) is 0 Å². The van der Waals surface area contributed by atoms with Crippen LogP contribution in [0.15, 0.2) is 0 Å². The largest absolute Gasteiger partial charge is 0.471 e. The Kier molecular flexibility index (Phi) is 2.71. The van der Waals surface area contributed by atoms with Gasteiger partial charge in [-0.1, -0.05) is 0 Å². The van der Waals surface area contributed by atoms with Crippen LogP contribution in [-0.2, 0) is 9.59 Å². The predicted octanol–water partition coefficient (Wildman–Crippen LogP) is 0.985. The van der Waals surface area contributed by atoms with Crippen molar-refractivity contribution in [1.82, 2.24) is 4.90 Å². The van der Waals surface area contributed by atoms with E-state index in [2.05, 4.69) is 0 Å². The van der Waals surface area contributed by atoms with Gasteiger partial charge in [0.05, 0.1) is 6.54 Å². The molecule has 1 saturated heterocycles. The van der Waals surface area contributed by atoms with Gasteiger partial charge in [0.2, 0.25) is 5.78 Å². The molecule has 8 heteroatoms. The Hall–Kier alpha value is -1.21. The number of likely N-dealkylation sites (tertiary alicyclic amines) is 1. The van der Waals surface area contributed by atoms with E-state index in [9.17, 15) is 31.5 Å². The number of amides is 1. The molecule has 1 fully saturated rings. The smallest absolute Gasteiger partial charge is 0.327 e. The molecule has 0 N–H and O–H groups in total. The highest BCUT2D eigenvalue weighted by Crippen LogP contribution is 2.27. The van der Waals surface area contributed by atoms with Crippen molar-refractivity contribution in [3.8, 4) is 0 Å². The molecule has 1 aliphatic rings. The highest BCUT2D eigenvalue weighted by Gasteiger charge is 2.49. The summed E-state index contributed by atoms with van der Waals surface area (Å²) in [6, 6.07) is 0. The van der Waals surface area contributed by atoms with Gasteiger partial charge in [-0.05, 0) is 0 Å². The molecule has 0 spiro atoms. The maximum Gasteiger partial charge on any atom is 0.471 e. The zero-order valence-corrected chi connectivity index (χ0v) is 7.27. The van der Waals surface area contributed by atoms with Gasteiger partial charge in [-0.2, -0.15) is 22.0 Å². The van der Waals surface area contributed by atoms with Crippen molar-refractivity contribution in [2.45, 2.75) is 18.5 Å². The Bertz CT molecular complexity index is 298. The Morgan fingerprint density at radius 2 is 1.87 bits per heavy atom. The van der Waals surface area contributed by atoms with Gasteiger partial charge in [0, 0.05) is 13.0 Å². The van der Waals surface area contributed by atoms with Crippen LogP contribution in [0.4, 0.5) is 22.0 Å². The van der Waals surface area contributed by atoms with E-state index in [1.165, 1.54) is 0 Å². The molecule has 0 aromatic carbocycles. The van der Waals surface area contributed by atoms with Gasteiger partial charge in [-0.25, -0.2) is 0 Å². The third-order valence-electron chi connectivity index (χ3n) is 1.97. The van der Waals surface area contributed by atoms with Crippen LogP contribution in [0.3, 0.4) is 0 Å². The predicted molar refractivity (Wildman–Crippen MR) is 37.2 cm³/mol. The number of carbonyl (C=O) groups is 2. The molecule has 0 atom stereocenters. The normalized spacial score (nSPS) is 21.7. The molecule has 0 radical (unpaired) electrons. The summed E-state index contributed by atoms with van der Waals surface area (Å²) in [5.41, 5.74) is 0. The zero-order valence-electron chi connectivity index (χ0n) is 7.27. The first-order valence-electron chi connectivity index (χ1n) is 3.92. The molecule has 0 aliphatic carbocycles. The third-order valence-corrected chi connectivity index (χ3v) is 1.97. The summed E-state index contributed by atoms with van der Waals surface area (Å²) >= 11 is 0. The second-order valence-corrected chi connectivity index (χ2v) is 3.10. The van der Waals surface area contributed by atoms with E-state index >= 15 is 0 Å². The van der Waals surface area contributed by atoms with E-state index in [1.54, 1.807) is 0 Å². The summed E-state index contributed by atoms with van der Waals surface area (Å²) in [5.74, 6) is -7.54. The number of piperidine rings is 1. The minimum atomic E-state index is -5.13. The number of Topliss-reactive ketones (excluding diaryl/α,β-unsaturated/α-hetero) is 1. The number of ketones is 1. The Balaban J connectivity index is 2.71. The molecular formula is C7H6F5NO2. The van der Waals surface area contributed by atoms with Crippen molar-refractivity contribution in [2.75, 3.05) is 13.1 Å². The number of hydrogen-bond donors (Lipinski definition) is 0. The Morgan fingerprint density at radius 3 is 2.27 bits per heavy atom. The fourth-order valence-electron chi connectivity index (χ4n) is 1.14. The van der Waals surface area contributed by atoms with Crippen LogP contribution in [0, 0.1) is 0 Å². The lowest BCUT2D eigenvalue weighted by Crippen LogP contribution is -2.53. The van der Waals surface area contributed by atoms with Gasteiger partial charge in [0.1, 0.15) is 0 Å². The lowest BCUT2D eigenvalue weighted by atomic mass is 10.1. The van der Waals surface area contributed by atoms with Crippen molar-refractivity contribution >= 4 is 11.7 Å². The van der Waals surface area contributed by atoms with Crippen molar-refractivity contribution in [2.24, 2.45) is 0 Å². The Morgan fingerprint density at radius 1 is 1.33 bits per heavy atom. The van der Waals surface area contributed by atoms with Crippen LogP contribution < -0.4 is 0 Å². The highest BCUT2D eigenvalue weighted by atomic mass is 19.4. The van der Waals surface area contributed by atoms with E-state index < -0.39 is 43.3 Å². The summed E-state index contributed by atoms with van der Waals surface area (Å²) < 4.78 is 60.7.